The van der Waals surface area contributed by atoms with E-state index in [9.17, 15) is 9.59 Å². The first kappa shape index (κ1) is 18.6. The fourth-order valence-electron chi connectivity index (χ4n) is 4.13. The van der Waals surface area contributed by atoms with E-state index in [0.29, 0.717) is 44.4 Å². The molecule has 1 N–H and O–H groups in total. The van der Waals surface area contributed by atoms with Gasteiger partial charge in [0.05, 0.1) is 24.3 Å². The molecular formula is C20H22N7O3+. The number of pyridine rings is 1. The highest BCUT2D eigenvalue weighted by Crippen LogP contribution is 2.31. The predicted molar refractivity (Wildman–Crippen MR) is 109 cm³/mol. The van der Waals surface area contributed by atoms with E-state index in [2.05, 4.69) is 27.0 Å². The molecule has 3 aliphatic heterocycles. The number of hydrogen-bond donors (Lipinski definition) is 1. The van der Waals surface area contributed by atoms with Gasteiger partial charge < -0.3 is 5.32 Å². The van der Waals surface area contributed by atoms with Gasteiger partial charge in [0.2, 0.25) is 5.95 Å². The Kier molecular flexibility index (Phi) is 4.44. The zero-order valence-corrected chi connectivity index (χ0v) is 16.4. The summed E-state index contributed by atoms with van der Waals surface area (Å²) in [4.78, 5) is 39.9. The number of carbonyl (C=O) groups excluding carboxylic acids is 1. The number of quaternary nitrogens is 1. The molecular weight excluding hydrogens is 386 g/mol. The smallest absolute Gasteiger partial charge is 0.321 e. The van der Waals surface area contributed by atoms with Crippen molar-refractivity contribution in [1.29, 1.82) is 0 Å². The van der Waals surface area contributed by atoms with Gasteiger partial charge in [-0.2, -0.15) is 14.9 Å². The van der Waals surface area contributed by atoms with Crippen molar-refractivity contribution >= 4 is 28.6 Å². The minimum absolute atomic E-state index is 0.0582. The summed E-state index contributed by atoms with van der Waals surface area (Å²) < 4.78 is 3.34. The third-order valence-corrected chi connectivity index (χ3v) is 5.71. The molecule has 6 bridgehead atoms. The Balaban J connectivity index is 1.53. The highest BCUT2D eigenvalue weighted by molar-refractivity contribution is 5.80. The number of anilines is 2. The Bertz CT molecular complexity index is 1190. The maximum absolute atomic E-state index is 12.5. The Morgan fingerprint density at radius 2 is 2.17 bits per heavy atom. The van der Waals surface area contributed by atoms with E-state index in [1.807, 2.05) is 6.20 Å². The average molecular weight is 408 g/mol. The fourth-order valence-corrected chi connectivity index (χ4v) is 4.13. The zero-order valence-electron chi connectivity index (χ0n) is 16.4. The summed E-state index contributed by atoms with van der Waals surface area (Å²) in [6.07, 6.45) is 7.26. The monoisotopic (exact) mass is 408 g/mol. The summed E-state index contributed by atoms with van der Waals surface area (Å²) in [6, 6.07) is 3.27. The van der Waals surface area contributed by atoms with Crippen molar-refractivity contribution < 1.29 is 14.3 Å². The summed E-state index contributed by atoms with van der Waals surface area (Å²) in [6.45, 7) is 6.12. The standard InChI is InChI=1S/C20H21N7O3/c1-2-18(29)27-12-14(13-27)5-6-26-17(28)4-3-15-9-21-20(24-19(15)26)23-16-10-22-25(11-16)7-8-30-27/h2-4,9-11,14H,1,5-8,12-13H2/p+1. The van der Waals surface area contributed by atoms with Gasteiger partial charge in [-0.25, -0.2) is 9.78 Å². The summed E-state index contributed by atoms with van der Waals surface area (Å²) in [5.41, 5.74) is 1.19. The third kappa shape index (κ3) is 3.19. The molecule has 6 heterocycles. The molecule has 3 aliphatic rings. The van der Waals surface area contributed by atoms with Crippen molar-refractivity contribution in [3.8, 4) is 0 Å². The molecule has 0 aliphatic carbocycles. The van der Waals surface area contributed by atoms with Gasteiger partial charge >= 0.3 is 5.91 Å². The summed E-state index contributed by atoms with van der Waals surface area (Å²) in [5.74, 6) is 0.523. The van der Waals surface area contributed by atoms with Crippen LogP contribution in [0.5, 0.6) is 0 Å². The lowest BCUT2D eigenvalue weighted by Crippen LogP contribution is -2.66. The number of aryl methyl sites for hydroxylation is 1. The minimum atomic E-state index is -0.144. The van der Waals surface area contributed by atoms with E-state index in [4.69, 9.17) is 4.84 Å². The Morgan fingerprint density at radius 3 is 3.00 bits per heavy atom. The maximum atomic E-state index is 12.5. The van der Waals surface area contributed by atoms with E-state index < -0.39 is 0 Å². The lowest BCUT2D eigenvalue weighted by molar-refractivity contribution is -1.08. The largest absolute Gasteiger partial charge is 0.370 e. The van der Waals surface area contributed by atoms with Crippen molar-refractivity contribution in [2.45, 2.75) is 19.5 Å². The van der Waals surface area contributed by atoms with E-state index in [1.165, 1.54) is 12.1 Å². The van der Waals surface area contributed by atoms with Gasteiger partial charge in [0.1, 0.15) is 25.3 Å². The van der Waals surface area contributed by atoms with Gasteiger partial charge in [0.25, 0.3) is 5.56 Å². The minimum Gasteiger partial charge on any atom is -0.321 e. The van der Waals surface area contributed by atoms with Crippen molar-refractivity contribution in [3.05, 3.63) is 53.7 Å². The molecule has 0 radical (unpaired) electrons. The molecule has 0 atom stereocenters. The van der Waals surface area contributed by atoms with Crippen LogP contribution in [0.1, 0.15) is 6.42 Å². The molecule has 1 fully saturated rings. The lowest BCUT2D eigenvalue weighted by Gasteiger charge is -2.44. The van der Waals surface area contributed by atoms with Crippen LogP contribution in [0.15, 0.2) is 48.2 Å². The number of amides is 1. The first-order chi connectivity index (χ1) is 14.6. The molecule has 0 aromatic carbocycles. The van der Waals surface area contributed by atoms with E-state index in [0.717, 1.165) is 17.5 Å². The van der Waals surface area contributed by atoms with Crippen LogP contribution in [0.2, 0.25) is 0 Å². The molecule has 6 rings (SSSR count). The molecule has 3 aromatic rings. The molecule has 3 aromatic heterocycles. The average Bonchev–Trinajstić information content (AvgIpc) is 3.16. The number of fused-ring (bicyclic) bond motifs is 3. The van der Waals surface area contributed by atoms with Gasteiger partial charge in [-0.05, 0) is 12.5 Å². The molecule has 0 unspecified atom stereocenters. The zero-order chi connectivity index (χ0) is 20.7. The van der Waals surface area contributed by atoms with Gasteiger partial charge in [0, 0.05) is 36.5 Å². The van der Waals surface area contributed by atoms with Gasteiger partial charge in [-0.1, -0.05) is 6.58 Å². The number of nitrogens with zero attached hydrogens (tertiary/aromatic N) is 6. The number of carbonyl (C=O) groups is 1. The second-order valence-electron chi connectivity index (χ2n) is 7.70. The van der Waals surface area contributed by atoms with Crippen molar-refractivity contribution in [1.82, 2.24) is 24.3 Å². The summed E-state index contributed by atoms with van der Waals surface area (Å²) >= 11 is 0. The first-order valence-corrected chi connectivity index (χ1v) is 9.91. The van der Waals surface area contributed by atoms with Crippen molar-refractivity contribution in [2.75, 3.05) is 25.0 Å². The molecule has 10 heteroatoms. The van der Waals surface area contributed by atoms with Gasteiger partial charge in [-0.15, -0.1) is 4.65 Å². The first-order valence-electron chi connectivity index (χ1n) is 9.91. The van der Waals surface area contributed by atoms with Crippen LogP contribution < -0.4 is 10.9 Å². The van der Waals surface area contributed by atoms with E-state index in [-0.39, 0.29) is 22.0 Å². The Morgan fingerprint density at radius 1 is 1.30 bits per heavy atom. The van der Waals surface area contributed by atoms with Crippen LogP contribution in [0.3, 0.4) is 0 Å². The number of rotatable bonds is 1. The third-order valence-electron chi connectivity index (χ3n) is 5.71. The molecule has 10 nitrogen and oxygen atoms in total. The molecule has 1 saturated heterocycles. The second kappa shape index (κ2) is 7.15. The highest BCUT2D eigenvalue weighted by Gasteiger charge is 2.51. The van der Waals surface area contributed by atoms with Crippen LogP contribution in [0.4, 0.5) is 11.6 Å². The van der Waals surface area contributed by atoms with E-state index in [1.54, 1.807) is 27.7 Å². The SMILES string of the molecule is C=CC(=O)[N+]12CC(CCn3c(=O)ccc4cnc(nc43)Nc3cnn(c3)CCO1)C2. The number of nitrogens with one attached hydrogen (secondary N) is 1. The molecule has 154 valence electrons. The normalized spacial score (nSPS) is 23.5. The van der Waals surface area contributed by atoms with Crippen LogP contribution in [-0.4, -0.2) is 54.6 Å². The maximum Gasteiger partial charge on any atom is 0.370 e. The number of hydrogen-bond acceptors (Lipinski definition) is 7. The van der Waals surface area contributed by atoms with Gasteiger partial charge in [-0.3, -0.25) is 14.0 Å². The highest BCUT2D eigenvalue weighted by atomic mass is 16.7. The number of aromatic nitrogens is 5. The number of hydroxylamine groups is 3. The Labute approximate surface area is 172 Å². The molecule has 1 amide bonds. The molecule has 0 spiro atoms. The molecule has 30 heavy (non-hydrogen) atoms. The van der Waals surface area contributed by atoms with Crippen LogP contribution in [-0.2, 0) is 22.7 Å². The van der Waals surface area contributed by atoms with E-state index >= 15 is 0 Å². The quantitative estimate of drug-likeness (QED) is 0.477. The summed E-state index contributed by atoms with van der Waals surface area (Å²) in [7, 11) is 0. The fraction of sp³-hybridized carbons (Fsp3) is 0.350. The van der Waals surface area contributed by atoms with Gasteiger partial charge in [0.15, 0.2) is 0 Å². The van der Waals surface area contributed by atoms with Crippen LogP contribution in [0.25, 0.3) is 11.0 Å². The lowest BCUT2D eigenvalue weighted by atomic mass is 9.95. The van der Waals surface area contributed by atoms with Crippen molar-refractivity contribution in [3.63, 3.8) is 0 Å². The Hall–Kier alpha value is -3.37. The van der Waals surface area contributed by atoms with Crippen LogP contribution >= 0.6 is 0 Å². The summed E-state index contributed by atoms with van der Waals surface area (Å²) in [5, 5.41) is 8.23. The topological polar surface area (TPSA) is 104 Å². The molecule has 0 saturated carbocycles. The predicted octanol–water partition coefficient (Wildman–Crippen LogP) is 1.23. The van der Waals surface area contributed by atoms with Crippen LogP contribution in [0, 0.1) is 5.92 Å². The van der Waals surface area contributed by atoms with Crippen molar-refractivity contribution in [2.24, 2.45) is 5.92 Å². The second-order valence-corrected chi connectivity index (χ2v) is 7.70.